The molecule has 406 valence electrons. The van der Waals surface area contributed by atoms with E-state index in [1.165, 1.54) is 103 Å². The summed E-state index contributed by atoms with van der Waals surface area (Å²) in [5, 5.41) is 11.8. The Kier molecular flexibility index (Phi) is 49.7. The third-order valence-corrected chi connectivity index (χ3v) is 11.8. The van der Waals surface area contributed by atoms with Gasteiger partial charge in [-0.05, 0) is 77.0 Å². The van der Waals surface area contributed by atoms with Crippen molar-refractivity contribution in [3.63, 3.8) is 0 Å². The van der Waals surface area contributed by atoms with E-state index >= 15 is 0 Å². The average Bonchev–Trinajstić information content (AvgIpc) is 3.34. The van der Waals surface area contributed by atoms with Crippen LogP contribution >= 0.6 is 0 Å². The minimum Gasteiger partial charge on any atom is -0.545 e. The van der Waals surface area contributed by atoms with E-state index in [0.29, 0.717) is 17.4 Å². The number of carboxylic acid groups (broad SMARTS) is 1. The number of hydrogen-bond acceptors (Lipinski definition) is 8. The van der Waals surface area contributed by atoms with Crippen molar-refractivity contribution in [2.24, 2.45) is 0 Å². The highest BCUT2D eigenvalue weighted by atomic mass is 16.7. The summed E-state index contributed by atoms with van der Waals surface area (Å²) in [7, 11) is 5.90. The van der Waals surface area contributed by atoms with Crippen LogP contribution in [0.1, 0.15) is 219 Å². The third kappa shape index (κ3) is 53.8. The van der Waals surface area contributed by atoms with Gasteiger partial charge in [0.15, 0.2) is 12.4 Å². The molecule has 0 spiro atoms. The number of unbranched alkanes of at least 4 members (excludes halogenated alkanes) is 20. The quantitative estimate of drug-likeness (QED) is 0.0195. The Morgan fingerprint density at radius 3 is 1.20 bits per heavy atom. The number of rotatable bonds is 51. The van der Waals surface area contributed by atoms with E-state index in [1.54, 1.807) is 0 Å². The molecule has 0 aromatic heterocycles. The van der Waals surface area contributed by atoms with Crippen molar-refractivity contribution in [3.05, 3.63) is 97.2 Å². The number of quaternary nitrogens is 1. The summed E-state index contributed by atoms with van der Waals surface area (Å²) in [6.07, 6.45) is 67.4. The zero-order chi connectivity index (χ0) is 52.0. The first-order chi connectivity index (χ1) is 34.6. The van der Waals surface area contributed by atoms with Crippen LogP contribution in [0.2, 0.25) is 0 Å². The van der Waals surface area contributed by atoms with Crippen molar-refractivity contribution in [3.8, 4) is 0 Å². The lowest BCUT2D eigenvalue weighted by molar-refractivity contribution is -0.870. The van der Waals surface area contributed by atoms with Crippen molar-refractivity contribution in [1.82, 2.24) is 0 Å². The Bertz CT molecular complexity index is 1480. The number of aliphatic carboxylic acids is 1. The minimum absolute atomic E-state index is 0.135. The fraction of sp³-hybridized carbons (Fsp3) is 0.694. The number of hydrogen-bond donors (Lipinski definition) is 0. The maximum absolute atomic E-state index is 12.8. The Morgan fingerprint density at radius 1 is 0.437 bits per heavy atom. The maximum Gasteiger partial charge on any atom is 0.306 e. The van der Waals surface area contributed by atoms with Crippen molar-refractivity contribution < 1.29 is 42.9 Å². The SMILES string of the molecule is CC/C=C\C/C=C\C/C=C\C/C=C\C/C=C\C/C=C\C/C=C\C/C=C\CCCCC(=O)OC(COC(=O)CCCCCCCCCCCCCCCCCCCCC)COC(OCC[N+](C)(C)C)C(=O)[O-]. The van der Waals surface area contributed by atoms with Crippen LogP contribution in [0, 0.1) is 0 Å². The molecule has 0 fully saturated rings. The monoisotopic (exact) mass is 992 g/mol. The lowest BCUT2D eigenvalue weighted by atomic mass is 10.0. The van der Waals surface area contributed by atoms with Crippen LogP contribution in [-0.4, -0.2) is 82.3 Å². The minimum atomic E-state index is -1.64. The lowest BCUT2D eigenvalue weighted by Crippen LogP contribution is -2.44. The fourth-order valence-corrected chi connectivity index (χ4v) is 7.49. The molecule has 0 rings (SSSR count). The normalized spacial score (nSPS) is 13.5. The summed E-state index contributed by atoms with van der Waals surface area (Å²) in [6, 6.07) is 0. The molecule has 0 aliphatic heterocycles. The van der Waals surface area contributed by atoms with Gasteiger partial charge in [-0.25, -0.2) is 0 Å². The van der Waals surface area contributed by atoms with Gasteiger partial charge in [0, 0.05) is 12.8 Å². The molecule has 9 nitrogen and oxygen atoms in total. The van der Waals surface area contributed by atoms with Crippen molar-refractivity contribution in [2.45, 2.75) is 232 Å². The van der Waals surface area contributed by atoms with Crippen LogP contribution in [0.4, 0.5) is 0 Å². The van der Waals surface area contributed by atoms with Crippen molar-refractivity contribution in [1.29, 1.82) is 0 Å². The molecule has 9 heteroatoms. The molecule has 0 N–H and O–H groups in total. The fourth-order valence-electron chi connectivity index (χ4n) is 7.49. The van der Waals surface area contributed by atoms with Gasteiger partial charge in [-0.3, -0.25) is 9.59 Å². The van der Waals surface area contributed by atoms with Gasteiger partial charge in [0.1, 0.15) is 13.2 Å². The van der Waals surface area contributed by atoms with Gasteiger partial charge in [0.2, 0.25) is 0 Å². The number of allylic oxidation sites excluding steroid dienone is 16. The molecule has 0 bridgehead atoms. The van der Waals surface area contributed by atoms with E-state index in [0.717, 1.165) is 83.5 Å². The van der Waals surface area contributed by atoms with Crippen LogP contribution in [-0.2, 0) is 33.3 Å². The Hall–Kier alpha value is -3.79. The smallest absolute Gasteiger partial charge is 0.306 e. The Morgan fingerprint density at radius 2 is 0.803 bits per heavy atom. The van der Waals surface area contributed by atoms with Gasteiger partial charge < -0.3 is 33.3 Å². The summed E-state index contributed by atoms with van der Waals surface area (Å²) >= 11 is 0. The van der Waals surface area contributed by atoms with Gasteiger partial charge in [-0.1, -0.05) is 227 Å². The predicted molar refractivity (Wildman–Crippen MR) is 297 cm³/mol. The van der Waals surface area contributed by atoms with Gasteiger partial charge in [0.25, 0.3) is 0 Å². The predicted octanol–water partition coefficient (Wildman–Crippen LogP) is 15.2. The first-order valence-electron chi connectivity index (χ1n) is 28.4. The van der Waals surface area contributed by atoms with E-state index in [1.807, 2.05) is 21.1 Å². The molecule has 0 aromatic carbocycles. The topological polar surface area (TPSA) is 111 Å². The first-order valence-corrected chi connectivity index (χ1v) is 28.4. The molecular formula is C62H105NO8. The molecule has 2 unspecified atom stereocenters. The number of esters is 2. The molecule has 0 amide bonds. The summed E-state index contributed by atoms with van der Waals surface area (Å²) in [4.78, 5) is 37.2. The summed E-state index contributed by atoms with van der Waals surface area (Å²) < 4.78 is 22.6. The van der Waals surface area contributed by atoms with Crippen molar-refractivity contribution in [2.75, 3.05) is 47.5 Å². The zero-order valence-electron chi connectivity index (χ0n) is 46.1. The van der Waals surface area contributed by atoms with Gasteiger partial charge in [0.05, 0.1) is 40.3 Å². The molecule has 0 saturated carbocycles. The van der Waals surface area contributed by atoms with E-state index in [-0.39, 0.29) is 38.6 Å². The highest BCUT2D eigenvalue weighted by Crippen LogP contribution is 2.16. The van der Waals surface area contributed by atoms with Crippen LogP contribution in [0.5, 0.6) is 0 Å². The Labute approximate surface area is 435 Å². The molecule has 0 radical (unpaired) electrons. The van der Waals surface area contributed by atoms with E-state index in [9.17, 15) is 19.5 Å². The number of nitrogens with zero attached hydrogens (tertiary/aromatic N) is 1. The molecule has 71 heavy (non-hydrogen) atoms. The van der Waals surface area contributed by atoms with Gasteiger partial charge in [-0.2, -0.15) is 0 Å². The number of carbonyl (C=O) groups excluding carboxylic acids is 3. The Balaban J connectivity index is 4.39. The first kappa shape index (κ1) is 67.2. The van der Waals surface area contributed by atoms with Crippen molar-refractivity contribution >= 4 is 17.9 Å². The molecular weight excluding hydrogens is 887 g/mol. The molecule has 2 atom stereocenters. The summed E-state index contributed by atoms with van der Waals surface area (Å²) in [6.45, 7) is 4.59. The maximum atomic E-state index is 12.8. The molecule has 0 saturated heterocycles. The van der Waals surface area contributed by atoms with E-state index in [4.69, 9.17) is 18.9 Å². The van der Waals surface area contributed by atoms with Crippen LogP contribution in [0.3, 0.4) is 0 Å². The van der Waals surface area contributed by atoms with Gasteiger partial charge in [-0.15, -0.1) is 0 Å². The molecule has 0 aliphatic carbocycles. The largest absolute Gasteiger partial charge is 0.545 e. The van der Waals surface area contributed by atoms with E-state index in [2.05, 4.69) is 111 Å². The standard InChI is InChI=1S/C62H105NO8/c1-6-8-10-12-14-16-18-20-22-24-26-27-28-29-30-31-32-33-35-37-39-41-43-45-47-49-51-53-60(65)71-58(57-70-62(61(66)67)68-55-54-63(3,4)5)56-69-59(64)52-50-48-46-44-42-40-38-36-34-25-23-21-19-17-15-13-11-9-7-2/h8,10,14,16,20,22,26-27,29-30,32-33,37,39,43,45,58,62H,6-7,9,11-13,15,17-19,21,23-25,28,31,34-36,38,40-42,44,46-57H2,1-5H3/b10-8-,16-14-,22-20-,27-26-,30-29-,33-32-,39-37-,45-43-. The van der Waals surface area contributed by atoms with Crippen LogP contribution in [0.25, 0.3) is 0 Å². The highest BCUT2D eigenvalue weighted by Gasteiger charge is 2.22. The summed E-state index contributed by atoms with van der Waals surface area (Å²) in [5.41, 5.74) is 0. The second kappa shape index (κ2) is 52.5. The highest BCUT2D eigenvalue weighted by molar-refractivity contribution is 5.70. The second-order valence-electron chi connectivity index (χ2n) is 19.9. The average molecular weight is 993 g/mol. The zero-order valence-corrected chi connectivity index (χ0v) is 46.1. The second-order valence-corrected chi connectivity index (χ2v) is 19.9. The molecule has 0 heterocycles. The molecule has 0 aliphatic rings. The van der Waals surface area contributed by atoms with Crippen LogP contribution < -0.4 is 5.11 Å². The molecule has 0 aromatic rings. The number of carboxylic acids is 1. The lowest BCUT2D eigenvalue weighted by Gasteiger charge is -2.26. The number of carbonyl (C=O) groups is 3. The van der Waals surface area contributed by atoms with Gasteiger partial charge >= 0.3 is 11.9 Å². The van der Waals surface area contributed by atoms with Crippen LogP contribution in [0.15, 0.2) is 97.2 Å². The summed E-state index contributed by atoms with van der Waals surface area (Å²) in [5.74, 6) is -2.35. The van der Waals surface area contributed by atoms with E-state index < -0.39 is 24.3 Å². The number of ether oxygens (including phenoxy) is 4. The number of likely N-dealkylation sites (N-methyl/N-ethyl adjacent to an activating group) is 1. The third-order valence-electron chi connectivity index (χ3n) is 11.8.